The molecule has 0 amide bonds. The highest BCUT2D eigenvalue weighted by Gasteiger charge is 2.07. The van der Waals surface area contributed by atoms with Crippen LogP contribution in [0.3, 0.4) is 0 Å². The van der Waals surface area contributed by atoms with Gasteiger partial charge in [0.05, 0.1) is 6.42 Å². The number of hydrogen-bond donors (Lipinski definition) is 4. The third-order valence-electron chi connectivity index (χ3n) is 0.802. The highest BCUT2D eigenvalue weighted by Crippen LogP contribution is 1.95. The van der Waals surface area contributed by atoms with E-state index in [4.69, 9.17) is 25.2 Å². The van der Waals surface area contributed by atoms with E-state index in [0.717, 1.165) is 0 Å². The third kappa shape index (κ3) is 12.8. The second kappa shape index (κ2) is 7.74. The standard InChI is InChI=1S/C5H6O4.C2H4O3/c1-3(5(8)9)2-4(6)7;3-1-2(4)5/h1-2H2,(H,6,7)(H,8,9);3H,1H2,(H,4,5). The van der Waals surface area contributed by atoms with Crippen LogP contribution in [0.25, 0.3) is 0 Å². The minimum Gasteiger partial charge on any atom is -0.481 e. The van der Waals surface area contributed by atoms with Crippen LogP contribution in [-0.4, -0.2) is 44.9 Å². The first-order valence-electron chi connectivity index (χ1n) is 3.26. The van der Waals surface area contributed by atoms with E-state index < -0.39 is 30.9 Å². The molecule has 0 aromatic carbocycles. The summed E-state index contributed by atoms with van der Waals surface area (Å²) in [4.78, 5) is 28.8. The molecule has 14 heavy (non-hydrogen) atoms. The van der Waals surface area contributed by atoms with Crippen LogP contribution in [-0.2, 0) is 14.4 Å². The Hall–Kier alpha value is -1.89. The van der Waals surface area contributed by atoms with Crippen molar-refractivity contribution in [3.63, 3.8) is 0 Å². The van der Waals surface area contributed by atoms with Gasteiger partial charge in [-0.3, -0.25) is 4.79 Å². The van der Waals surface area contributed by atoms with Crippen molar-refractivity contribution in [2.75, 3.05) is 6.61 Å². The highest BCUT2D eigenvalue weighted by molar-refractivity contribution is 5.91. The summed E-state index contributed by atoms with van der Waals surface area (Å²) < 4.78 is 0. The van der Waals surface area contributed by atoms with Crippen molar-refractivity contribution in [3.8, 4) is 0 Å². The Morgan fingerprint density at radius 1 is 1.00 bits per heavy atom. The molecular formula is C7H10O7. The Labute approximate surface area is 78.9 Å². The van der Waals surface area contributed by atoms with Crippen LogP contribution in [0.1, 0.15) is 6.42 Å². The first-order chi connectivity index (χ1) is 6.31. The maximum atomic E-state index is 9.87. The van der Waals surface area contributed by atoms with E-state index in [0.29, 0.717) is 0 Å². The van der Waals surface area contributed by atoms with E-state index in [1.165, 1.54) is 0 Å². The van der Waals surface area contributed by atoms with Crippen molar-refractivity contribution >= 4 is 17.9 Å². The van der Waals surface area contributed by atoms with E-state index in [1.807, 2.05) is 0 Å². The molecule has 0 aromatic heterocycles. The highest BCUT2D eigenvalue weighted by atomic mass is 16.4. The lowest BCUT2D eigenvalue weighted by molar-refractivity contribution is -0.140. The van der Waals surface area contributed by atoms with Crippen LogP contribution >= 0.6 is 0 Å². The zero-order valence-corrected chi connectivity index (χ0v) is 7.13. The van der Waals surface area contributed by atoms with Gasteiger partial charge < -0.3 is 20.4 Å². The topological polar surface area (TPSA) is 132 Å². The molecule has 0 bridgehead atoms. The molecule has 0 heterocycles. The molecule has 4 N–H and O–H groups in total. The minimum absolute atomic E-state index is 0.303. The van der Waals surface area contributed by atoms with Crippen LogP contribution in [0.4, 0.5) is 0 Å². The van der Waals surface area contributed by atoms with Crippen LogP contribution < -0.4 is 0 Å². The second-order valence-electron chi connectivity index (χ2n) is 2.03. The van der Waals surface area contributed by atoms with Crippen LogP contribution in [0.5, 0.6) is 0 Å². The lowest BCUT2D eigenvalue weighted by Crippen LogP contribution is -2.04. The predicted molar refractivity (Wildman–Crippen MR) is 43.8 cm³/mol. The smallest absolute Gasteiger partial charge is 0.331 e. The Morgan fingerprint density at radius 2 is 1.36 bits per heavy atom. The maximum Gasteiger partial charge on any atom is 0.331 e. The zero-order chi connectivity index (χ0) is 11.7. The summed E-state index contributed by atoms with van der Waals surface area (Å²) in [5.74, 6) is -3.63. The molecule has 0 aliphatic rings. The van der Waals surface area contributed by atoms with Gasteiger partial charge in [0.15, 0.2) is 0 Å². The number of carboxylic acid groups (broad SMARTS) is 3. The normalized spacial score (nSPS) is 8.07. The van der Waals surface area contributed by atoms with E-state index in [1.54, 1.807) is 0 Å². The Kier molecular flexibility index (Phi) is 8.09. The Bertz CT molecular complexity index is 242. The van der Waals surface area contributed by atoms with Gasteiger partial charge in [-0.2, -0.15) is 0 Å². The molecule has 0 aliphatic carbocycles. The van der Waals surface area contributed by atoms with Gasteiger partial charge in [0.1, 0.15) is 6.61 Å². The van der Waals surface area contributed by atoms with Crippen molar-refractivity contribution in [3.05, 3.63) is 12.2 Å². The summed E-state index contributed by atoms with van der Waals surface area (Å²) in [6.45, 7) is 2.24. The van der Waals surface area contributed by atoms with Gasteiger partial charge in [0, 0.05) is 5.57 Å². The molecular weight excluding hydrogens is 196 g/mol. The number of carbonyl (C=O) groups is 3. The summed E-state index contributed by atoms with van der Waals surface area (Å²) >= 11 is 0. The van der Waals surface area contributed by atoms with Crippen LogP contribution in [0, 0.1) is 0 Å². The number of aliphatic carboxylic acids is 3. The van der Waals surface area contributed by atoms with Gasteiger partial charge in [-0.25, -0.2) is 9.59 Å². The zero-order valence-electron chi connectivity index (χ0n) is 7.13. The van der Waals surface area contributed by atoms with Gasteiger partial charge in [0.25, 0.3) is 0 Å². The molecule has 0 rings (SSSR count). The fourth-order valence-electron chi connectivity index (χ4n) is 0.258. The first kappa shape index (κ1) is 14.6. The van der Waals surface area contributed by atoms with E-state index in [-0.39, 0.29) is 5.57 Å². The van der Waals surface area contributed by atoms with Gasteiger partial charge in [-0.1, -0.05) is 6.58 Å². The fourth-order valence-corrected chi connectivity index (χ4v) is 0.258. The molecule has 0 saturated heterocycles. The molecule has 0 atom stereocenters. The Morgan fingerprint density at radius 3 is 1.43 bits per heavy atom. The quantitative estimate of drug-likeness (QED) is 0.441. The molecule has 0 fully saturated rings. The number of aliphatic hydroxyl groups is 1. The van der Waals surface area contributed by atoms with Gasteiger partial charge in [-0.15, -0.1) is 0 Å². The van der Waals surface area contributed by atoms with Crippen LogP contribution in [0.2, 0.25) is 0 Å². The van der Waals surface area contributed by atoms with Crippen molar-refractivity contribution in [1.29, 1.82) is 0 Å². The molecule has 0 aliphatic heterocycles. The molecule has 0 aromatic rings. The SMILES string of the molecule is C=C(CC(=O)O)C(=O)O.O=C(O)CO. The summed E-state index contributed by atoms with van der Waals surface area (Å²) in [7, 11) is 0. The summed E-state index contributed by atoms with van der Waals surface area (Å²) in [6.07, 6.45) is -0.505. The summed E-state index contributed by atoms with van der Waals surface area (Å²) in [6, 6.07) is 0. The molecule has 0 unspecified atom stereocenters. The van der Waals surface area contributed by atoms with Gasteiger partial charge >= 0.3 is 17.9 Å². The lowest BCUT2D eigenvalue weighted by Gasteiger charge is -1.91. The summed E-state index contributed by atoms with van der Waals surface area (Å²) in [5, 5.41) is 31.1. The van der Waals surface area contributed by atoms with Gasteiger partial charge in [-0.05, 0) is 0 Å². The average Bonchev–Trinajstić information content (AvgIpc) is 2.04. The second-order valence-corrected chi connectivity index (χ2v) is 2.03. The van der Waals surface area contributed by atoms with Gasteiger partial charge in [0.2, 0.25) is 0 Å². The van der Waals surface area contributed by atoms with E-state index in [2.05, 4.69) is 6.58 Å². The molecule has 0 saturated carbocycles. The monoisotopic (exact) mass is 206 g/mol. The largest absolute Gasteiger partial charge is 0.481 e. The van der Waals surface area contributed by atoms with Crippen molar-refractivity contribution < 1.29 is 34.8 Å². The predicted octanol–water partition coefficient (Wildman–Crippen LogP) is -0.835. The minimum atomic E-state index is -1.27. The van der Waals surface area contributed by atoms with Crippen molar-refractivity contribution in [2.45, 2.75) is 6.42 Å². The third-order valence-corrected chi connectivity index (χ3v) is 0.802. The maximum absolute atomic E-state index is 9.87. The van der Waals surface area contributed by atoms with E-state index >= 15 is 0 Å². The molecule has 7 nitrogen and oxygen atoms in total. The van der Waals surface area contributed by atoms with Crippen molar-refractivity contribution in [1.82, 2.24) is 0 Å². The number of carboxylic acids is 3. The molecule has 0 spiro atoms. The average molecular weight is 206 g/mol. The molecule has 7 heteroatoms. The van der Waals surface area contributed by atoms with Crippen molar-refractivity contribution in [2.24, 2.45) is 0 Å². The fraction of sp³-hybridized carbons (Fsp3) is 0.286. The number of rotatable bonds is 4. The summed E-state index contributed by atoms with van der Waals surface area (Å²) in [5.41, 5.74) is -0.303. The number of aliphatic hydroxyl groups excluding tert-OH is 1. The number of hydrogen-bond acceptors (Lipinski definition) is 4. The Balaban J connectivity index is 0. The molecule has 0 radical (unpaired) electrons. The lowest BCUT2D eigenvalue weighted by atomic mass is 10.2. The van der Waals surface area contributed by atoms with E-state index in [9.17, 15) is 9.59 Å². The molecule has 80 valence electrons. The first-order valence-corrected chi connectivity index (χ1v) is 3.26. The van der Waals surface area contributed by atoms with Crippen LogP contribution in [0.15, 0.2) is 12.2 Å².